The molecular formula is C22H28N2O2S. The highest BCUT2D eigenvalue weighted by Crippen LogP contribution is 2.24. The molecule has 2 N–H and O–H groups in total. The quantitative estimate of drug-likeness (QED) is 0.547. The van der Waals surface area contributed by atoms with Gasteiger partial charge in [0, 0.05) is 5.69 Å². The summed E-state index contributed by atoms with van der Waals surface area (Å²) in [4.78, 5) is 11.7. The van der Waals surface area contributed by atoms with Crippen molar-refractivity contribution in [2.24, 2.45) is 0 Å². The van der Waals surface area contributed by atoms with E-state index in [1.807, 2.05) is 12.1 Å². The van der Waals surface area contributed by atoms with Crippen molar-refractivity contribution < 1.29 is 9.53 Å². The van der Waals surface area contributed by atoms with Crippen molar-refractivity contribution >= 4 is 29.0 Å². The first-order chi connectivity index (χ1) is 12.7. The molecule has 0 heterocycles. The second-order valence-electron chi connectivity index (χ2n) is 7.49. The van der Waals surface area contributed by atoms with Crippen molar-refractivity contribution in [3.05, 3.63) is 65.2 Å². The zero-order valence-electron chi connectivity index (χ0n) is 16.6. The van der Waals surface area contributed by atoms with Gasteiger partial charge in [0.05, 0.1) is 18.2 Å². The Bertz CT molecular complexity index is 777. The molecule has 2 rings (SSSR count). The lowest BCUT2D eigenvalue weighted by molar-refractivity contribution is 0.0526. The molecule has 0 radical (unpaired) electrons. The first kappa shape index (κ1) is 20.9. The van der Waals surface area contributed by atoms with E-state index in [4.69, 9.17) is 17.0 Å². The van der Waals surface area contributed by atoms with Crippen LogP contribution >= 0.6 is 12.2 Å². The number of esters is 1. The van der Waals surface area contributed by atoms with Gasteiger partial charge in [-0.3, -0.25) is 0 Å². The van der Waals surface area contributed by atoms with Gasteiger partial charge in [0.1, 0.15) is 0 Å². The number of anilines is 1. The summed E-state index contributed by atoms with van der Waals surface area (Å²) in [6.45, 7) is 10.8. The molecule has 0 aliphatic carbocycles. The Balaban J connectivity index is 1.94. The molecule has 0 amide bonds. The molecule has 2 aromatic rings. The lowest BCUT2D eigenvalue weighted by Gasteiger charge is -2.21. The smallest absolute Gasteiger partial charge is 0.338 e. The number of benzene rings is 2. The fourth-order valence-corrected chi connectivity index (χ4v) is 2.92. The predicted octanol–water partition coefficient (Wildman–Crippen LogP) is 5.21. The fraction of sp³-hybridized carbons (Fsp3) is 0.364. The maximum absolute atomic E-state index is 11.7. The topological polar surface area (TPSA) is 50.4 Å². The third-order valence-corrected chi connectivity index (χ3v) is 4.50. The summed E-state index contributed by atoms with van der Waals surface area (Å²) >= 11 is 5.41. The van der Waals surface area contributed by atoms with E-state index < -0.39 is 0 Å². The Hall–Kier alpha value is -2.40. The van der Waals surface area contributed by atoms with E-state index in [0.29, 0.717) is 17.3 Å². The molecule has 2 aromatic carbocycles. The van der Waals surface area contributed by atoms with Gasteiger partial charge in [0.2, 0.25) is 0 Å². The first-order valence-corrected chi connectivity index (χ1v) is 9.56. The van der Waals surface area contributed by atoms with E-state index in [-0.39, 0.29) is 17.4 Å². The normalized spacial score (nSPS) is 12.2. The fourth-order valence-electron chi connectivity index (χ4n) is 2.62. The van der Waals surface area contributed by atoms with Gasteiger partial charge in [-0.05, 0) is 66.9 Å². The van der Waals surface area contributed by atoms with Gasteiger partial charge in [0.25, 0.3) is 0 Å². The molecule has 0 aliphatic rings. The minimum atomic E-state index is -0.322. The predicted molar refractivity (Wildman–Crippen MR) is 115 cm³/mol. The number of hydrogen-bond acceptors (Lipinski definition) is 3. The van der Waals surface area contributed by atoms with E-state index in [0.717, 1.165) is 5.69 Å². The summed E-state index contributed by atoms with van der Waals surface area (Å²) in [5.41, 5.74) is 3.96. The summed E-state index contributed by atoms with van der Waals surface area (Å²) in [6, 6.07) is 15.7. The standard InChI is InChI=1S/C22H28N2O2S/c1-6-26-20(25)17-9-13-19(14-10-17)24-21(27)23-15(2)16-7-11-18(12-8-16)22(3,4)5/h7-15H,6H2,1-5H3,(H2,23,24,27). The molecule has 5 heteroatoms. The van der Waals surface area contributed by atoms with Crippen molar-refractivity contribution in [2.75, 3.05) is 11.9 Å². The van der Waals surface area contributed by atoms with Crippen LogP contribution in [0.3, 0.4) is 0 Å². The summed E-state index contributed by atoms with van der Waals surface area (Å²) in [6.07, 6.45) is 0. The molecule has 0 fully saturated rings. The van der Waals surface area contributed by atoms with Crippen molar-refractivity contribution in [2.45, 2.75) is 46.1 Å². The molecule has 27 heavy (non-hydrogen) atoms. The van der Waals surface area contributed by atoms with Crippen LogP contribution in [0.4, 0.5) is 5.69 Å². The minimum Gasteiger partial charge on any atom is -0.462 e. The maximum Gasteiger partial charge on any atom is 0.338 e. The number of hydrogen-bond donors (Lipinski definition) is 2. The molecular weight excluding hydrogens is 356 g/mol. The van der Waals surface area contributed by atoms with Crippen LogP contribution in [0.2, 0.25) is 0 Å². The molecule has 0 saturated heterocycles. The summed E-state index contributed by atoms with van der Waals surface area (Å²) < 4.78 is 4.98. The van der Waals surface area contributed by atoms with Gasteiger partial charge < -0.3 is 15.4 Å². The Kier molecular flexibility index (Phi) is 6.97. The second-order valence-corrected chi connectivity index (χ2v) is 7.90. The van der Waals surface area contributed by atoms with Gasteiger partial charge in [-0.1, -0.05) is 45.0 Å². The second kappa shape index (κ2) is 9.00. The van der Waals surface area contributed by atoms with E-state index in [1.165, 1.54) is 11.1 Å². The van der Waals surface area contributed by atoms with Gasteiger partial charge in [-0.15, -0.1) is 0 Å². The number of thiocarbonyl (C=S) groups is 1. The number of rotatable bonds is 5. The summed E-state index contributed by atoms with van der Waals surface area (Å²) in [5.74, 6) is -0.322. The number of ether oxygens (including phenoxy) is 1. The highest BCUT2D eigenvalue weighted by atomic mass is 32.1. The van der Waals surface area contributed by atoms with Gasteiger partial charge in [-0.2, -0.15) is 0 Å². The SMILES string of the molecule is CCOC(=O)c1ccc(NC(=S)NC(C)c2ccc(C(C)(C)C)cc2)cc1. The molecule has 1 atom stereocenters. The van der Waals surface area contributed by atoms with Crippen LogP contribution in [0, 0.1) is 0 Å². The molecule has 0 spiro atoms. The average Bonchev–Trinajstić information content (AvgIpc) is 2.61. The highest BCUT2D eigenvalue weighted by Gasteiger charge is 2.14. The molecule has 0 saturated carbocycles. The summed E-state index contributed by atoms with van der Waals surface area (Å²) in [5, 5.41) is 6.97. The van der Waals surface area contributed by atoms with Crippen LogP contribution in [0.25, 0.3) is 0 Å². The van der Waals surface area contributed by atoms with E-state index in [2.05, 4.69) is 62.6 Å². The van der Waals surface area contributed by atoms with Crippen LogP contribution < -0.4 is 10.6 Å². The Morgan fingerprint density at radius 1 is 1.07 bits per heavy atom. The lowest BCUT2D eigenvalue weighted by Crippen LogP contribution is -2.31. The monoisotopic (exact) mass is 384 g/mol. The first-order valence-electron chi connectivity index (χ1n) is 9.16. The van der Waals surface area contributed by atoms with Crippen molar-refractivity contribution in [3.63, 3.8) is 0 Å². The van der Waals surface area contributed by atoms with Crippen LogP contribution in [-0.4, -0.2) is 17.7 Å². The molecule has 0 aliphatic heterocycles. The van der Waals surface area contributed by atoms with E-state index in [1.54, 1.807) is 19.1 Å². The molecule has 1 unspecified atom stereocenters. The molecule has 0 aromatic heterocycles. The molecule has 144 valence electrons. The molecule has 4 nitrogen and oxygen atoms in total. The summed E-state index contributed by atoms with van der Waals surface area (Å²) in [7, 11) is 0. The third-order valence-electron chi connectivity index (χ3n) is 4.28. The number of carbonyl (C=O) groups excluding carboxylic acids is 1. The Morgan fingerprint density at radius 2 is 1.67 bits per heavy atom. The largest absolute Gasteiger partial charge is 0.462 e. The highest BCUT2D eigenvalue weighted by molar-refractivity contribution is 7.80. The van der Waals surface area contributed by atoms with Crippen LogP contribution in [0.5, 0.6) is 0 Å². The third kappa shape index (κ3) is 6.07. The Labute approximate surface area is 167 Å². The van der Waals surface area contributed by atoms with E-state index >= 15 is 0 Å². The zero-order chi connectivity index (χ0) is 20.0. The van der Waals surface area contributed by atoms with Crippen molar-refractivity contribution in [1.82, 2.24) is 5.32 Å². The van der Waals surface area contributed by atoms with Crippen LogP contribution in [0.15, 0.2) is 48.5 Å². The zero-order valence-corrected chi connectivity index (χ0v) is 17.4. The minimum absolute atomic E-state index is 0.0813. The maximum atomic E-state index is 11.7. The number of carbonyl (C=O) groups is 1. The van der Waals surface area contributed by atoms with Crippen LogP contribution in [0.1, 0.15) is 62.1 Å². The lowest BCUT2D eigenvalue weighted by atomic mass is 9.86. The van der Waals surface area contributed by atoms with E-state index in [9.17, 15) is 4.79 Å². The Morgan fingerprint density at radius 3 is 2.19 bits per heavy atom. The van der Waals surface area contributed by atoms with Gasteiger partial charge in [-0.25, -0.2) is 4.79 Å². The van der Waals surface area contributed by atoms with Crippen molar-refractivity contribution in [1.29, 1.82) is 0 Å². The van der Waals surface area contributed by atoms with Crippen molar-refractivity contribution in [3.8, 4) is 0 Å². The van der Waals surface area contributed by atoms with Gasteiger partial charge in [0.15, 0.2) is 5.11 Å². The number of nitrogens with one attached hydrogen (secondary N) is 2. The molecule has 0 bridgehead atoms. The van der Waals surface area contributed by atoms with Gasteiger partial charge >= 0.3 is 5.97 Å². The average molecular weight is 385 g/mol. The van der Waals surface area contributed by atoms with Crippen LogP contribution in [-0.2, 0) is 10.2 Å².